The van der Waals surface area contributed by atoms with Crippen molar-refractivity contribution >= 4 is 27.4 Å². The Kier molecular flexibility index (Phi) is 5.11. The van der Waals surface area contributed by atoms with Crippen molar-refractivity contribution in [2.75, 3.05) is 19.6 Å². The first-order valence-electron chi connectivity index (χ1n) is 6.20. The van der Waals surface area contributed by atoms with Gasteiger partial charge in [0, 0.05) is 25.0 Å². The van der Waals surface area contributed by atoms with E-state index in [1.165, 1.54) is 4.31 Å². The Morgan fingerprint density at radius 2 is 2.17 bits per heavy atom. The Morgan fingerprint density at radius 3 is 2.67 bits per heavy atom. The van der Waals surface area contributed by atoms with Crippen molar-refractivity contribution < 1.29 is 8.42 Å². The van der Waals surface area contributed by atoms with E-state index in [0.717, 1.165) is 12.8 Å². The molecule has 3 N–H and O–H groups in total. The van der Waals surface area contributed by atoms with Crippen LogP contribution < -0.4 is 10.5 Å². The summed E-state index contributed by atoms with van der Waals surface area (Å²) < 4.78 is 28.4. The fraction of sp³-hybridized carbons (Fsp3) is 0.909. The van der Waals surface area contributed by atoms with Gasteiger partial charge in [0.2, 0.25) is 0 Å². The van der Waals surface area contributed by atoms with Crippen molar-refractivity contribution in [2.24, 2.45) is 17.1 Å². The van der Waals surface area contributed by atoms with Gasteiger partial charge in [-0.1, -0.05) is 33.0 Å². The molecular formula is C11H23N3O2S2. The fourth-order valence-corrected chi connectivity index (χ4v) is 3.43. The smallest absolute Gasteiger partial charge is 0.279 e. The highest BCUT2D eigenvalue weighted by molar-refractivity contribution is 7.87. The zero-order chi connectivity index (χ0) is 14.0. The Balaban J connectivity index is 2.62. The number of nitrogens with zero attached hydrogens (tertiary/aromatic N) is 1. The van der Waals surface area contributed by atoms with E-state index < -0.39 is 15.6 Å². The zero-order valence-corrected chi connectivity index (χ0v) is 12.9. The van der Waals surface area contributed by atoms with Crippen LogP contribution in [-0.4, -0.2) is 37.3 Å². The van der Waals surface area contributed by atoms with Gasteiger partial charge in [-0.2, -0.15) is 12.7 Å². The molecule has 18 heavy (non-hydrogen) atoms. The van der Waals surface area contributed by atoms with E-state index in [1.54, 1.807) is 0 Å². The van der Waals surface area contributed by atoms with Crippen molar-refractivity contribution in [1.82, 2.24) is 9.03 Å². The van der Waals surface area contributed by atoms with Crippen LogP contribution in [0.1, 0.15) is 33.6 Å². The van der Waals surface area contributed by atoms with E-state index in [0.29, 0.717) is 24.0 Å². The Hall–Kier alpha value is -0.240. The highest BCUT2D eigenvalue weighted by atomic mass is 32.2. The van der Waals surface area contributed by atoms with E-state index in [-0.39, 0.29) is 6.54 Å². The summed E-state index contributed by atoms with van der Waals surface area (Å²) in [6.07, 6.45) is 2.01. The average Bonchev–Trinajstić information content (AvgIpc) is 2.26. The van der Waals surface area contributed by atoms with Crippen LogP contribution in [0.4, 0.5) is 0 Å². The molecular weight excluding hydrogens is 270 g/mol. The standard InChI is InChI=1S/C11H23N3O2S2/c1-9-5-4-6-14(7-9)18(15,16)13-8-11(2,3)10(12)17/h9,13H,4-8H2,1-3H3,(H2,12,17). The molecule has 0 aromatic carbocycles. The van der Waals surface area contributed by atoms with E-state index in [1.807, 2.05) is 13.8 Å². The third kappa shape index (κ3) is 4.15. The number of rotatable bonds is 5. The molecule has 0 aromatic rings. The number of piperidine rings is 1. The van der Waals surface area contributed by atoms with Gasteiger partial charge in [-0.25, -0.2) is 4.72 Å². The van der Waals surface area contributed by atoms with Crippen LogP contribution in [-0.2, 0) is 10.2 Å². The molecule has 106 valence electrons. The first kappa shape index (κ1) is 15.8. The zero-order valence-electron chi connectivity index (χ0n) is 11.3. The molecule has 0 amide bonds. The summed E-state index contributed by atoms with van der Waals surface area (Å²) in [6.45, 7) is 7.14. The minimum atomic E-state index is -3.41. The van der Waals surface area contributed by atoms with E-state index in [4.69, 9.17) is 18.0 Å². The normalized spacial score (nSPS) is 22.9. The van der Waals surface area contributed by atoms with Crippen LogP contribution in [0.25, 0.3) is 0 Å². The minimum absolute atomic E-state index is 0.232. The monoisotopic (exact) mass is 293 g/mol. The number of nitrogens with one attached hydrogen (secondary N) is 1. The van der Waals surface area contributed by atoms with Gasteiger partial charge in [-0.3, -0.25) is 0 Å². The largest absolute Gasteiger partial charge is 0.393 e. The number of thiocarbonyl (C=S) groups is 1. The molecule has 7 heteroatoms. The minimum Gasteiger partial charge on any atom is -0.393 e. The maximum atomic E-state index is 12.1. The summed E-state index contributed by atoms with van der Waals surface area (Å²) in [5.74, 6) is 0.416. The second-order valence-corrected chi connectivity index (χ2v) is 7.87. The molecule has 0 radical (unpaired) electrons. The molecule has 0 spiro atoms. The maximum Gasteiger partial charge on any atom is 0.279 e. The SMILES string of the molecule is CC1CCCN(S(=O)(=O)NCC(C)(C)C(N)=S)C1. The van der Waals surface area contributed by atoms with Gasteiger partial charge < -0.3 is 5.73 Å². The molecule has 1 atom stereocenters. The second-order valence-electron chi connectivity index (χ2n) is 5.68. The molecule has 0 aromatic heterocycles. The highest BCUT2D eigenvalue weighted by Gasteiger charge is 2.29. The molecule has 0 saturated carbocycles. The molecule has 1 rings (SSSR count). The van der Waals surface area contributed by atoms with Crippen LogP contribution in [0.5, 0.6) is 0 Å². The fourth-order valence-electron chi connectivity index (χ4n) is 1.81. The van der Waals surface area contributed by atoms with Crippen molar-refractivity contribution in [3.05, 3.63) is 0 Å². The van der Waals surface area contributed by atoms with Gasteiger partial charge in [-0.05, 0) is 18.8 Å². The third-order valence-electron chi connectivity index (χ3n) is 3.32. The van der Waals surface area contributed by atoms with E-state index >= 15 is 0 Å². The number of hydrogen-bond donors (Lipinski definition) is 2. The second kappa shape index (κ2) is 5.81. The van der Waals surface area contributed by atoms with Gasteiger partial charge in [0.05, 0.1) is 4.99 Å². The highest BCUT2D eigenvalue weighted by Crippen LogP contribution is 2.19. The molecule has 5 nitrogen and oxygen atoms in total. The molecule has 1 fully saturated rings. The molecule has 1 aliphatic heterocycles. The first-order valence-corrected chi connectivity index (χ1v) is 8.04. The predicted octanol–water partition coefficient (Wildman–Crippen LogP) is 0.865. The van der Waals surface area contributed by atoms with E-state index in [2.05, 4.69) is 11.6 Å². The lowest BCUT2D eigenvalue weighted by Gasteiger charge is -2.31. The molecule has 0 bridgehead atoms. The molecule has 0 aliphatic carbocycles. The van der Waals surface area contributed by atoms with Crippen LogP contribution in [0.2, 0.25) is 0 Å². The third-order valence-corrected chi connectivity index (χ3v) is 5.40. The average molecular weight is 293 g/mol. The summed E-state index contributed by atoms with van der Waals surface area (Å²) in [5, 5.41) is 0. The van der Waals surface area contributed by atoms with Gasteiger partial charge in [0.25, 0.3) is 10.2 Å². The van der Waals surface area contributed by atoms with Gasteiger partial charge in [-0.15, -0.1) is 0 Å². The van der Waals surface area contributed by atoms with Crippen molar-refractivity contribution in [3.8, 4) is 0 Å². The Labute approximate surface area is 115 Å². The Morgan fingerprint density at radius 1 is 1.56 bits per heavy atom. The lowest BCUT2D eigenvalue weighted by molar-refractivity contribution is 0.277. The Bertz CT molecular complexity index is 407. The summed E-state index contributed by atoms with van der Waals surface area (Å²) in [4.78, 5) is 0.317. The quantitative estimate of drug-likeness (QED) is 0.737. The first-order chi connectivity index (χ1) is 8.15. The topological polar surface area (TPSA) is 75.4 Å². The maximum absolute atomic E-state index is 12.1. The number of nitrogens with two attached hydrogens (primary N) is 1. The van der Waals surface area contributed by atoms with Gasteiger partial charge in [0.1, 0.15) is 0 Å². The summed E-state index contributed by atoms with van der Waals surface area (Å²) in [5.41, 5.74) is 5.07. The summed E-state index contributed by atoms with van der Waals surface area (Å²) in [6, 6.07) is 0. The van der Waals surface area contributed by atoms with Crippen LogP contribution in [0.3, 0.4) is 0 Å². The van der Waals surface area contributed by atoms with Crippen LogP contribution in [0, 0.1) is 11.3 Å². The summed E-state index contributed by atoms with van der Waals surface area (Å²) in [7, 11) is -3.41. The van der Waals surface area contributed by atoms with Gasteiger partial charge in [0.15, 0.2) is 0 Å². The molecule has 1 aliphatic rings. The lowest BCUT2D eigenvalue weighted by atomic mass is 9.94. The van der Waals surface area contributed by atoms with Crippen molar-refractivity contribution in [3.63, 3.8) is 0 Å². The van der Waals surface area contributed by atoms with Crippen LogP contribution in [0.15, 0.2) is 0 Å². The van der Waals surface area contributed by atoms with Crippen molar-refractivity contribution in [2.45, 2.75) is 33.6 Å². The van der Waals surface area contributed by atoms with E-state index in [9.17, 15) is 8.42 Å². The van der Waals surface area contributed by atoms with Gasteiger partial charge >= 0.3 is 0 Å². The van der Waals surface area contributed by atoms with Crippen LogP contribution >= 0.6 is 12.2 Å². The van der Waals surface area contributed by atoms with Crippen molar-refractivity contribution in [1.29, 1.82) is 0 Å². The lowest BCUT2D eigenvalue weighted by Crippen LogP contribution is -2.49. The molecule has 1 saturated heterocycles. The summed E-state index contributed by atoms with van der Waals surface area (Å²) >= 11 is 4.92. The molecule has 1 unspecified atom stereocenters. The predicted molar refractivity (Wildman–Crippen MR) is 77.5 cm³/mol. The number of hydrogen-bond acceptors (Lipinski definition) is 3. The molecule has 1 heterocycles.